The second-order valence-electron chi connectivity index (χ2n) is 8.02. The molecule has 39 heavy (non-hydrogen) atoms. The minimum Gasteiger partial charge on any atom is -0.383 e. The monoisotopic (exact) mass is 576 g/mol. The Morgan fingerprint density at radius 2 is 1.72 bits per heavy atom. The lowest BCUT2D eigenvalue weighted by Gasteiger charge is -2.16. The van der Waals surface area contributed by atoms with Crippen LogP contribution in [0, 0.1) is 29.6 Å². The second-order valence-corrected chi connectivity index (χ2v) is 12.2. The van der Waals surface area contributed by atoms with Gasteiger partial charge in [-0.2, -0.15) is 10.5 Å². The minimum atomic E-state index is -3.88. The number of sulfonamides is 1. The lowest BCUT2D eigenvalue weighted by Crippen LogP contribution is -2.23. The summed E-state index contributed by atoms with van der Waals surface area (Å²) in [7, 11) is -3.88. The maximum absolute atomic E-state index is 12.9. The Hall–Kier alpha value is -4.50. The summed E-state index contributed by atoms with van der Waals surface area (Å²) in [5.41, 5.74) is 7.64. The summed E-state index contributed by atoms with van der Waals surface area (Å²) in [6.07, 6.45) is 0. The highest BCUT2D eigenvalue weighted by Crippen LogP contribution is 2.37. The van der Waals surface area contributed by atoms with E-state index in [1.807, 2.05) is 12.1 Å². The molecule has 0 aliphatic heterocycles. The van der Waals surface area contributed by atoms with E-state index in [4.69, 9.17) is 5.73 Å². The summed E-state index contributed by atoms with van der Waals surface area (Å²) < 4.78 is 27.5. The highest BCUT2D eigenvalue weighted by Gasteiger charge is 2.24. The lowest BCUT2D eigenvalue weighted by molar-refractivity contribution is -0.115. The normalized spacial score (nSPS) is 11.7. The first kappa shape index (κ1) is 27.5. The Bertz CT molecular complexity index is 1730. The maximum Gasteiger partial charge on any atom is 0.263 e. The molecular weight excluding hydrogens is 557 g/mol. The highest BCUT2D eigenvalue weighted by atomic mass is 32.2. The second kappa shape index (κ2) is 11.5. The van der Waals surface area contributed by atoms with Crippen LogP contribution in [-0.2, 0) is 14.8 Å². The largest absolute Gasteiger partial charge is 0.383 e. The van der Waals surface area contributed by atoms with Crippen molar-refractivity contribution in [1.82, 2.24) is 15.2 Å². The molecule has 2 aromatic carbocycles. The number of aromatic nitrogens is 3. The number of amides is 1. The fraction of sp³-hybridized carbons (Fsp3) is 0.120. The third-order valence-electron chi connectivity index (χ3n) is 5.32. The summed E-state index contributed by atoms with van der Waals surface area (Å²) in [6.45, 7) is 3.34. The van der Waals surface area contributed by atoms with Crippen molar-refractivity contribution in [3.05, 3.63) is 70.7 Å². The molecule has 0 radical (unpaired) electrons. The van der Waals surface area contributed by atoms with Gasteiger partial charge in [0.05, 0.1) is 15.7 Å². The zero-order valence-electron chi connectivity index (χ0n) is 20.5. The average Bonchev–Trinajstić information content (AvgIpc) is 3.32. The standard InChI is InChI=1S/C25H20N8O3S3/c1-14(37-24-20(13-27)21(16-6-4-3-5-7-16)19(12-26)22(28)30-24)23(34)29-17-8-10-18(11-9-17)39(35,36)33-25-32-31-15(2)38-25/h3-11,14H,1-2H3,(H2,28,30)(H,29,34)(H,32,33). The smallest absolute Gasteiger partial charge is 0.263 e. The predicted octanol–water partition coefficient (Wildman–Crippen LogP) is 4.15. The topological polar surface area (TPSA) is 188 Å². The van der Waals surface area contributed by atoms with Crippen molar-refractivity contribution in [2.24, 2.45) is 0 Å². The Kier molecular flexibility index (Phi) is 8.11. The van der Waals surface area contributed by atoms with Crippen molar-refractivity contribution in [2.75, 3.05) is 15.8 Å². The van der Waals surface area contributed by atoms with Crippen LogP contribution in [0.25, 0.3) is 11.1 Å². The highest BCUT2D eigenvalue weighted by molar-refractivity contribution is 8.00. The van der Waals surface area contributed by atoms with Crippen molar-refractivity contribution in [1.29, 1.82) is 10.5 Å². The number of benzene rings is 2. The molecule has 0 saturated carbocycles. The number of thioether (sulfide) groups is 1. The van der Waals surface area contributed by atoms with Crippen molar-refractivity contribution in [3.63, 3.8) is 0 Å². The molecule has 14 heteroatoms. The van der Waals surface area contributed by atoms with Gasteiger partial charge in [-0.05, 0) is 43.7 Å². The van der Waals surface area contributed by atoms with Gasteiger partial charge in [-0.3, -0.25) is 9.52 Å². The number of nitrogen functional groups attached to an aromatic ring is 1. The van der Waals surface area contributed by atoms with Gasteiger partial charge in [0, 0.05) is 11.3 Å². The molecule has 2 heterocycles. The molecule has 4 N–H and O–H groups in total. The quantitative estimate of drug-likeness (QED) is 0.257. The third kappa shape index (κ3) is 6.15. The Morgan fingerprint density at radius 1 is 1.05 bits per heavy atom. The molecule has 4 rings (SSSR count). The van der Waals surface area contributed by atoms with Crippen LogP contribution in [0.15, 0.2) is 64.5 Å². The van der Waals surface area contributed by atoms with Gasteiger partial charge >= 0.3 is 0 Å². The average molecular weight is 577 g/mol. The number of carbonyl (C=O) groups is 1. The number of hydrogen-bond acceptors (Lipinski definition) is 11. The van der Waals surface area contributed by atoms with Crippen LogP contribution in [0.1, 0.15) is 23.1 Å². The molecule has 196 valence electrons. The molecule has 11 nitrogen and oxygen atoms in total. The summed E-state index contributed by atoms with van der Waals surface area (Å²) in [4.78, 5) is 17.2. The molecule has 1 unspecified atom stereocenters. The van der Waals surface area contributed by atoms with Gasteiger partial charge in [0.15, 0.2) is 0 Å². The number of nitrogens with one attached hydrogen (secondary N) is 2. The fourth-order valence-corrected chi connectivity index (χ4v) is 6.21. The zero-order chi connectivity index (χ0) is 28.2. The number of nitrogens with zero attached hydrogens (tertiary/aromatic N) is 5. The first-order valence-electron chi connectivity index (χ1n) is 11.2. The molecule has 1 atom stereocenters. The van der Waals surface area contributed by atoms with Crippen molar-refractivity contribution < 1.29 is 13.2 Å². The molecule has 0 aliphatic carbocycles. The number of anilines is 3. The SMILES string of the molecule is Cc1nnc(NS(=O)(=O)c2ccc(NC(=O)C(C)Sc3nc(N)c(C#N)c(-c4ccccc4)c3C#N)cc2)s1. The Morgan fingerprint density at radius 3 is 2.31 bits per heavy atom. The fourth-order valence-electron chi connectivity index (χ4n) is 3.47. The van der Waals surface area contributed by atoms with Gasteiger partial charge in [0.2, 0.25) is 11.0 Å². The number of carbonyl (C=O) groups excluding carboxylic acids is 1. The van der Waals surface area contributed by atoms with Crippen LogP contribution >= 0.6 is 23.1 Å². The number of hydrogen-bond donors (Lipinski definition) is 3. The Balaban J connectivity index is 1.51. The van der Waals surface area contributed by atoms with Gasteiger partial charge in [-0.1, -0.05) is 53.4 Å². The van der Waals surface area contributed by atoms with E-state index >= 15 is 0 Å². The van der Waals surface area contributed by atoms with E-state index in [9.17, 15) is 23.7 Å². The van der Waals surface area contributed by atoms with E-state index in [-0.39, 0.29) is 32.0 Å². The molecule has 0 bridgehead atoms. The number of pyridine rings is 1. The zero-order valence-corrected chi connectivity index (χ0v) is 23.0. The maximum atomic E-state index is 12.9. The van der Waals surface area contributed by atoms with Crippen LogP contribution < -0.4 is 15.8 Å². The van der Waals surface area contributed by atoms with E-state index in [0.29, 0.717) is 21.8 Å². The lowest BCUT2D eigenvalue weighted by atomic mass is 9.97. The first-order chi connectivity index (χ1) is 18.6. The number of aryl methyl sites for hydroxylation is 1. The van der Waals surface area contributed by atoms with E-state index in [0.717, 1.165) is 23.1 Å². The summed E-state index contributed by atoms with van der Waals surface area (Å²) >= 11 is 2.13. The van der Waals surface area contributed by atoms with Gasteiger partial charge in [-0.25, -0.2) is 13.4 Å². The van der Waals surface area contributed by atoms with Gasteiger partial charge in [0.25, 0.3) is 10.0 Å². The molecule has 0 aliphatic rings. The first-order valence-corrected chi connectivity index (χ1v) is 14.4. The molecule has 4 aromatic rings. The van der Waals surface area contributed by atoms with Crippen LogP contribution in [0.3, 0.4) is 0 Å². The van der Waals surface area contributed by atoms with Gasteiger partial charge in [-0.15, -0.1) is 10.2 Å². The molecule has 0 saturated heterocycles. The van der Waals surface area contributed by atoms with E-state index in [1.54, 1.807) is 38.1 Å². The van der Waals surface area contributed by atoms with E-state index in [1.165, 1.54) is 24.3 Å². The summed E-state index contributed by atoms with van der Waals surface area (Å²) in [6, 6.07) is 18.6. The van der Waals surface area contributed by atoms with Gasteiger partial charge in [0.1, 0.15) is 33.6 Å². The van der Waals surface area contributed by atoms with Crippen molar-refractivity contribution >= 4 is 55.7 Å². The molecular formula is C25H20N8O3S3. The molecule has 1 amide bonds. The third-order valence-corrected chi connectivity index (χ3v) is 8.64. The van der Waals surface area contributed by atoms with Crippen molar-refractivity contribution in [3.8, 4) is 23.3 Å². The minimum absolute atomic E-state index is 0.0138. The van der Waals surface area contributed by atoms with E-state index in [2.05, 4.69) is 31.3 Å². The molecule has 0 spiro atoms. The van der Waals surface area contributed by atoms with Crippen LogP contribution in [0.5, 0.6) is 0 Å². The predicted molar refractivity (Wildman–Crippen MR) is 149 cm³/mol. The summed E-state index contributed by atoms with van der Waals surface area (Å²) in [5, 5.41) is 30.1. The Labute approximate surface area is 232 Å². The summed E-state index contributed by atoms with van der Waals surface area (Å²) in [5.74, 6) is -0.451. The van der Waals surface area contributed by atoms with Crippen molar-refractivity contribution in [2.45, 2.75) is 29.0 Å². The van der Waals surface area contributed by atoms with Gasteiger partial charge < -0.3 is 11.1 Å². The molecule has 0 fully saturated rings. The van der Waals surface area contributed by atoms with Crippen LogP contribution in [-0.4, -0.2) is 34.8 Å². The van der Waals surface area contributed by atoms with E-state index < -0.39 is 21.2 Å². The number of rotatable bonds is 8. The number of nitriles is 2. The molecule has 2 aromatic heterocycles. The number of nitrogens with two attached hydrogens (primary N) is 1. The van der Waals surface area contributed by atoms with Crippen LogP contribution in [0.2, 0.25) is 0 Å². The van der Waals surface area contributed by atoms with Crippen LogP contribution in [0.4, 0.5) is 16.6 Å².